The first-order valence-electron chi connectivity index (χ1n) is 7.16. The summed E-state index contributed by atoms with van der Waals surface area (Å²) in [4.78, 5) is 11.5. The summed E-state index contributed by atoms with van der Waals surface area (Å²) < 4.78 is 3.04. The number of ketones is 1. The van der Waals surface area contributed by atoms with Crippen molar-refractivity contribution in [2.75, 3.05) is 0 Å². The number of carbonyl (C=O) groups is 1. The second kappa shape index (κ2) is 5.72. The maximum Gasteiger partial charge on any atom is 0.140 e. The fourth-order valence-electron chi connectivity index (χ4n) is 3.17. The Balaban J connectivity index is 1.93. The third kappa shape index (κ3) is 2.79. The molecule has 3 rings (SSSR count). The Kier molecular flexibility index (Phi) is 3.93. The minimum atomic E-state index is 0.200. The average Bonchev–Trinajstić information content (AvgIpc) is 2.78. The lowest BCUT2D eigenvalue weighted by atomic mass is 9.65. The molecule has 0 spiro atoms. The molecule has 4 nitrogen and oxygen atoms in total. The van der Waals surface area contributed by atoms with Gasteiger partial charge in [0.1, 0.15) is 17.9 Å². The van der Waals surface area contributed by atoms with E-state index in [0.29, 0.717) is 11.7 Å². The number of aryl methyl sites for hydroxylation is 1. The topological polar surface area (TPSA) is 47.8 Å². The predicted molar refractivity (Wildman–Crippen MR) is 83.9 cm³/mol. The molecule has 1 aliphatic carbocycles. The summed E-state index contributed by atoms with van der Waals surface area (Å²) in [6, 6.07) is 8.34. The van der Waals surface area contributed by atoms with E-state index in [1.165, 1.54) is 5.56 Å². The minimum Gasteiger partial charge on any atom is -0.320 e. The van der Waals surface area contributed by atoms with Crippen LogP contribution in [0.3, 0.4) is 0 Å². The second-order valence-electron chi connectivity index (χ2n) is 5.87. The highest BCUT2D eigenvalue weighted by Crippen LogP contribution is 2.46. The van der Waals surface area contributed by atoms with Gasteiger partial charge >= 0.3 is 0 Å². The Bertz CT molecular complexity index is 661. The summed E-state index contributed by atoms with van der Waals surface area (Å²) in [7, 11) is 1.97. The molecule has 1 unspecified atom stereocenters. The molecule has 1 aromatic carbocycles. The summed E-state index contributed by atoms with van der Waals surface area (Å²) >= 11 is 3.54. The first kappa shape index (κ1) is 14.4. The van der Waals surface area contributed by atoms with E-state index in [2.05, 4.69) is 38.3 Å². The van der Waals surface area contributed by atoms with Crippen molar-refractivity contribution in [2.45, 2.75) is 25.7 Å². The highest BCUT2D eigenvalue weighted by atomic mass is 79.9. The van der Waals surface area contributed by atoms with E-state index in [-0.39, 0.29) is 11.8 Å². The molecule has 5 heteroatoms. The predicted octanol–water partition coefficient (Wildman–Crippen LogP) is 3.32. The molecule has 0 aliphatic heterocycles. The van der Waals surface area contributed by atoms with E-state index in [1.807, 2.05) is 23.7 Å². The van der Waals surface area contributed by atoms with E-state index < -0.39 is 0 Å². The van der Waals surface area contributed by atoms with Gasteiger partial charge in [-0.1, -0.05) is 28.1 Å². The summed E-state index contributed by atoms with van der Waals surface area (Å²) in [6.45, 7) is 1.69. The molecule has 2 aromatic rings. The van der Waals surface area contributed by atoms with Crippen molar-refractivity contribution in [3.63, 3.8) is 0 Å². The number of carbonyl (C=O) groups excluding carboxylic acids is 1. The molecule has 1 fully saturated rings. The standard InChI is InChI=1S/C16H18BrN3O/c1-10(21)12-6-13(7-12)15(16-19-18-9-20(16)2)11-4-3-5-14(17)8-11/h3-5,8-9,12-13,15H,6-7H2,1-2H3. The molecule has 0 saturated heterocycles. The van der Waals surface area contributed by atoms with Crippen molar-refractivity contribution in [2.24, 2.45) is 18.9 Å². The van der Waals surface area contributed by atoms with Crippen LogP contribution in [0.25, 0.3) is 0 Å². The van der Waals surface area contributed by atoms with Crippen LogP contribution >= 0.6 is 15.9 Å². The van der Waals surface area contributed by atoms with E-state index >= 15 is 0 Å². The maximum atomic E-state index is 11.5. The van der Waals surface area contributed by atoms with E-state index in [4.69, 9.17) is 0 Å². The van der Waals surface area contributed by atoms with Gasteiger partial charge in [0.25, 0.3) is 0 Å². The van der Waals surface area contributed by atoms with Crippen molar-refractivity contribution in [1.29, 1.82) is 0 Å². The lowest BCUT2D eigenvalue weighted by Gasteiger charge is -2.39. The third-order valence-electron chi connectivity index (χ3n) is 4.45. The molecule has 1 aliphatic rings. The lowest BCUT2D eigenvalue weighted by molar-refractivity contribution is -0.124. The number of nitrogens with zero attached hydrogens (tertiary/aromatic N) is 3. The number of aromatic nitrogens is 3. The summed E-state index contributed by atoms with van der Waals surface area (Å²) in [6.07, 6.45) is 3.63. The van der Waals surface area contributed by atoms with Gasteiger partial charge in [-0.05, 0) is 43.4 Å². The average molecular weight is 348 g/mol. The van der Waals surface area contributed by atoms with E-state index in [9.17, 15) is 4.79 Å². The summed E-state index contributed by atoms with van der Waals surface area (Å²) in [5.41, 5.74) is 1.23. The van der Waals surface area contributed by atoms with Gasteiger partial charge in [-0.25, -0.2) is 0 Å². The van der Waals surface area contributed by atoms with Gasteiger partial charge in [0.05, 0.1) is 0 Å². The van der Waals surface area contributed by atoms with Crippen LogP contribution in [0.5, 0.6) is 0 Å². The third-order valence-corrected chi connectivity index (χ3v) is 4.95. The summed E-state index contributed by atoms with van der Waals surface area (Å²) in [5, 5.41) is 8.33. The van der Waals surface area contributed by atoms with Gasteiger partial charge in [-0.15, -0.1) is 10.2 Å². The van der Waals surface area contributed by atoms with Crippen LogP contribution in [0, 0.1) is 11.8 Å². The van der Waals surface area contributed by atoms with Gasteiger partial charge in [-0.2, -0.15) is 0 Å². The highest BCUT2D eigenvalue weighted by Gasteiger charge is 2.40. The summed E-state index contributed by atoms with van der Waals surface area (Å²) in [5.74, 6) is 2.15. The maximum absolute atomic E-state index is 11.5. The quantitative estimate of drug-likeness (QED) is 0.852. The van der Waals surface area contributed by atoms with Gasteiger partial charge < -0.3 is 4.57 Å². The number of hydrogen-bond acceptors (Lipinski definition) is 3. The second-order valence-corrected chi connectivity index (χ2v) is 6.79. The number of hydrogen-bond donors (Lipinski definition) is 0. The molecule has 0 amide bonds. The van der Waals surface area contributed by atoms with Crippen LogP contribution in [-0.4, -0.2) is 20.5 Å². The first-order valence-corrected chi connectivity index (χ1v) is 7.95. The van der Waals surface area contributed by atoms with Crippen molar-refractivity contribution in [1.82, 2.24) is 14.8 Å². The fourth-order valence-corrected chi connectivity index (χ4v) is 3.59. The van der Waals surface area contributed by atoms with Crippen LogP contribution in [0.1, 0.15) is 37.1 Å². The smallest absolute Gasteiger partial charge is 0.140 e. The molecule has 1 atom stereocenters. The molecule has 0 bridgehead atoms. The van der Waals surface area contributed by atoms with Crippen molar-refractivity contribution in [3.8, 4) is 0 Å². The van der Waals surface area contributed by atoms with Gasteiger partial charge in [0.15, 0.2) is 0 Å². The molecular weight excluding hydrogens is 330 g/mol. The zero-order chi connectivity index (χ0) is 15.0. The Morgan fingerprint density at radius 1 is 1.43 bits per heavy atom. The molecule has 1 saturated carbocycles. The van der Waals surface area contributed by atoms with Gasteiger partial charge in [0, 0.05) is 23.4 Å². The van der Waals surface area contributed by atoms with E-state index in [1.54, 1.807) is 13.3 Å². The van der Waals surface area contributed by atoms with Crippen LogP contribution in [0.4, 0.5) is 0 Å². The molecule has 1 aromatic heterocycles. The Morgan fingerprint density at radius 2 is 2.19 bits per heavy atom. The number of rotatable bonds is 4. The lowest BCUT2D eigenvalue weighted by Crippen LogP contribution is -2.34. The van der Waals surface area contributed by atoms with Crippen LogP contribution in [0.2, 0.25) is 0 Å². The van der Waals surface area contributed by atoms with E-state index in [0.717, 1.165) is 23.1 Å². The van der Waals surface area contributed by atoms with Crippen molar-refractivity contribution < 1.29 is 4.79 Å². The largest absolute Gasteiger partial charge is 0.320 e. The van der Waals surface area contributed by atoms with Gasteiger partial charge in [0.2, 0.25) is 0 Å². The minimum absolute atomic E-state index is 0.200. The monoisotopic (exact) mass is 347 g/mol. The highest BCUT2D eigenvalue weighted by molar-refractivity contribution is 9.10. The molecule has 110 valence electrons. The molecule has 21 heavy (non-hydrogen) atoms. The molecule has 1 heterocycles. The van der Waals surface area contributed by atoms with Crippen molar-refractivity contribution in [3.05, 3.63) is 46.5 Å². The SMILES string of the molecule is CC(=O)C1CC(C(c2cccc(Br)c2)c2nncn2C)C1. The zero-order valence-corrected chi connectivity index (χ0v) is 13.7. The Labute approximate surface area is 132 Å². The van der Waals surface area contributed by atoms with Crippen molar-refractivity contribution >= 4 is 21.7 Å². The molecule has 0 N–H and O–H groups in total. The molecular formula is C16H18BrN3O. The van der Waals surface area contributed by atoms with Crippen LogP contribution < -0.4 is 0 Å². The zero-order valence-electron chi connectivity index (χ0n) is 12.2. The first-order chi connectivity index (χ1) is 10.1. The Morgan fingerprint density at radius 3 is 2.76 bits per heavy atom. The number of halogens is 1. The normalized spacial score (nSPS) is 22.6. The Hall–Kier alpha value is -1.49. The molecule has 0 radical (unpaired) electrons. The fraction of sp³-hybridized carbons (Fsp3) is 0.438. The number of benzene rings is 1. The van der Waals surface area contributed by atoms with Gasteiger partial charge in [-0.3, -0.25) is 4.79 Å². The van der Waals surface area contributed by atoms with Crippen LogP contribution in [-0.2, 0) is 11.8 Å². The number of Topliss-reactive ketones (excluding diaryl/α,β-unsaturated/α-hetero) is 1. The van der Waals surface area contributed by atoms with Crippen LogP contribution in [0.15, 0.2) is 35.1 Å².